The Morgan fingerprint density at radius 1 is 1.43 bits per heavy atom. The summed E-state index contributed by atoms with van der Waals surface area (Å²) in [7, 11) is 3.70. The summed E-state index contributed by atoms with van der Waals surface area (Å²) in [5, 5.41) is 7.83. The number of hydrogen-bond acceptors (Lipinski definition) is 3. The molecule has 0 radical (unpaired) electrons. The van der Waals surface area contributed by atoms with Gasteiger partial charge in [0.2, 0.25) is 0 Å². The van der Waals surface area contributed by atoms with Gasteiger partial charge in [-0.05, 0) is 41.9 Å². The summed E-state index contributed by atoms with van der Waals surface area (Å²) in [6.07, 6.45) is 2.78. The van der Waals surface area contributed by atoms with E-state index < -0.39 is 0 Å². The lowest BCUT2D eigenvalue weighted by atomic mass is 10.0. The smallest absolute Gasteiger partial charge is 0.0699 e. The van der Waals surface area contributed by atoms with Crippen LogP contribution in [0, 0.1) is 6.92 Å². The zero-order chi connectivity index (χ0) is 15.2. The highest BCUT2D eigenvalue weighted by Crippen LogP contribution is 2.26. The van der Waals surface area contributed by atoms with Crippen LogP contribution in [0.4, 0.5) is 0 Å². The van der Waals surface area contributed by atoms with Crippen molar-refractivity contribution in [3.63, 3.8) is 0 Å². The van der Waals surface area contributed by atoms with Gasteiger partial charge in [-0.15, -0.1) is 0 Å². The maximum absolute atomic E-state index is 5.16. The molecule has 0 aliphatic heterocycles. The van der Waals surface area contributed by atoms with Gasteiger partial charge in [0.25, 0.3) is 0 Å². The standard InChI is InChI=1S/C16H22BrN3O/c1-12-5-4-6-13(9-12)10-15(18-2)16-14(17)11-19-20(16)7-8-21-3/h4-6,9,11,15,18H,7-8,10H2,1-3H3. The van der Waals surface area contributed by atoms with Crippen molar-refractivity contribution in [3.05, 3.63) is 51.8 Å². The lowest BCUT2D eigenvalue weighted by Crippen LogP contribution is -2.24. The number of aryl methyl sites for hydroxylation is 1. The van der Waals surface area contributed by atoms with E-state index in [9.17, 15) is 0 Å². The molecular formula is C16H22BrN3O. The third kappa shape index (κ3) is 4.15. The second-order valence-electron chi connectivity index (χ2n) is 5.13. The van der Waals surface area contributed by atoms with Crippen molar-refractivity contribution in [2.75, 3.05) is 20.8 Å². The summed E-state index contributed by atoms with van der Waals surface area (Å²) in [5.74, 6) is 0. The van der Waals surface area contributed by atoms with Crippen molar-refractivity contribution in [2.24, 2.45) is 0 Å². The van der Waals surface area contributed by atoms with Crippen molar-refractivity contribution in [2.45, 2.75) is 25.9 Å². The second-order valence-corrected chi connectivity index (χ2v) is 5.98. The van der Waals surface area contributed by atoms with E-state index in [2.05, 4.69) is 57.5 Å². The van der Waals surface area contributed by atoms with E-state index in [4.69, 9.17) is 4.74 Å². The number of nitrogens with zero attached hydrogens (tertiary/aromatic N) is 2. The highest BCUT2D eigenvalue weighted by molar-refractivity contribution is 9.10. The molecule has 2 rings (SSSR count). The Morgan fingerprint density at radius 2 is 2.24 bits per heavy atom. The summed E-state index contributed by atoms with van der Waals surface area (Å²) in [5.41, 5.74) is 3.77. The Hall–Kier alpha value is -1.17. The molecule has 2 aromatic rings. The highest BCUT2D eigenvalue weighted by Gasteiger charge is 2.19. The van der Waals surface area contributed by atoms with Crippen LogP contribution in [0.3, 0.4) is 0 Å². The molecule has 114 valence electrons. The molecule has 0 fully saturated rings. The predicted molar refractivity (Wildman–Crippen MR) is 88.5 cm³/mol. The normalized spacial score (nSPS) is 12.6. The van der Waals surface area contributed by atoms with Gasteiger partial charge in [0.15, 0.2) is 0 Å². The highest BCUT2D eigenvalue weighted by atomic mass is 79.9. The number of likely N-dealkylation sites (N-methyl/N-ethyl adjacent to an activating group) is 1. The first-order valence-electron chi connectivity index (χ1n) is 7.08. The minimum Gasteiger partial charge on any atom is -0.383 e. The van der Waals surface area contributed by atoms with Gasteiger partial charge >= 0.3 is 0 Å². The lowest BCUT2D eigenvalue weighted by molar-refractivity contribution is 0.181. The fourth-order valence-electron chi connectivity index (χ4n) is 2.48. The van der Waals surface area contributed by atoms with Gasteiger partial charge in [-0.1, -0.05) is 29.8 Å². The summed E-state index contributed by atoms with van der Waals surface area (Å²) < 4.78 is 8.20. The maximum Gasteiger partial charge on any atom is 0.0699 e. The van der Waals surface area contributed by atoms with Crippen LogP contribution in [-0.2, 0) is 17.7 Å². The van der Waals surface area contributed by atoms with Gasteiger partial charge in [-0.3, -0.25) is 4.68 Å². The fraction of sp³-hybridized carbons (Fsp3) is 0.438. The Labute approximate surface area is 134 Å². The largest absolute Gasteiger partial charge is 0.383 e. The SMILES string of the molecule is CNC(Cc1cccc(C)c1)c1c(Br)cnn1CCOC. The van der Waals surface area contributed by atoms with Crippen LogP contribution >= 0.6 is 15.9 Å². The van der Waals surface area contributed by atoms with Crippen molar-refractivity contribution >= 4 is 15.9 Å². The summed E-state index contributed by atoms with van der Waals surface area (Å²) in [4.78, 5) is 0. The number of rotatable bonds is 7. The molecule has 1 unspecified atom stereocenters. The Kier molecular flexibility index (Phi) is 5.96. The van der Waals surface area contributed by atoms with Crippen LogP contribution in [0.1, 0.15) is 22.9 Å². The van der Waals surface area contributed by atoms with Crippen LogP contribution in [0.5, 0.6) is 0 Å². The van der Waals surface area contributed by atoms with Crippen LogP contribution < -0.4 is 5.32 Å². The average Bonchev–Trinajstić information content (AvgIpc) is 2.83. The van der Waals surface area contributed by atoms with Crippen molar-refractivity contribution in [3.8, 4) is 0 Å². The molecule has 5 heteroatoms. The first kappa shape index (κ1) is 16.2. The predicted octanol–water partition coefficient (Wildman–Crippen LogP) is 3.10. The monoisotopic (exact) mass is 351 g/mol. The van der Waals surface area contributed by atoms with E-state index in [0.717, 1.165) is 23.1 Å². The molecule has 0 saturated carbocycles. The van der Waals surface area contributed by atoms with E-state index in [1.54, 1.807) is 7.11 Å². The third-order valence-electron chi connectivity index (χ3n) is 3.54. The zero-order valence-corrected chi connectivity index (χ0v) is 14.4. The molecule has 0 spiro atoms. The zero-order valence-electron chi connectivity index (χ0n) is 12.8. The Bertz CT molecular complexity index is 583. The summed E-state index contributed by atoms with van der Waals surface area (Å²) in [6, 6.07) is 8.83. The summed E-state index contributed by atoms with van der Waals surface area (Å²) >= 11 is 3.61. The van der Waals surface area contributed by atoms with E-state index in [0.29, 0.717) is 6.61 Å². The van der Waals surface area contributed by atoms with Crippen LogP contribution in [0.15, 0.2) is 34.9 Å². The quantitative estimate of drug-likeness (QED) is 0.832. The average molecular weight is 352 g/mol. The van der Waals surface area contributed by atoms with E-state index in [1.807, 2.05) is 17.9 Å². The molecule has 0 bridgehead atoms. The lowest BCUT2D eigenvalue weighted by Gasteiger charge is -2.19. The molecule has 1 aromatic heterocycles. The summed E-state index contributed by atoms with van der Waals surface area (Å²) in [6.45, 7) is 3.53. The van der Waals surface area contributed by atoms with E-state index in [-0.39, 0.29) is 6.04 Å². The maximum atomic E-state index is 5.16. The molecule has 0 saturated heterocycles. The molecular weight excluding hydrogens is 330 g/mol. The number of aromatic nitrogens is 2. The molecule has 1 aromatic carbocycles. The van der Waals surface area contributed by atoms with Gasteiger partial charge in [0.1, 0.15) is 0 Å². The van der Waals surface area contributed by atoms with Crippen LogP contribution in [-0.4, -0.2) is 30.5 Å². The number of hydrogen-bond donors (Lipinski definition) is 1. The Balaban J connectivity index is 2.22. The van der Waals surface area contributed by atoms with E-state index >= 15 is 0 Å². The van der Waals surface area contributed by atoms with Crippen molar-refractivity contribution < 1.29 is 4.74 Å². The molecule has 21 heavy (non-hydrogen) atoms. The number of benzene rings is 1. The molecule has 1 heterocycles. The van der Waals surface area contributed by atoms with Gasteiger partial charge < -0.3 is 10.1 Å². The first-order valence-corrected chi connectivity index (χ1v) is 7.88. The van der Waals surface area contributed by atoms with Crippen molar-refractivity contribution in [1.82, 2.24) is 15.1 Å². The minimum absolute atomic E-state index is 0.209. The van der Waals surface area contributed by atoms with Crippen LogP contribution in [0.25, 0.3) is 0 Å². The molecule has 4 nitrogen and oxygen atoms in total. The van der Waals surface area contributed by atoms with Gasteiger partial charge in [0, 0.05) is 7.11 Å². The second kappa shape index (κ2) is 7.73. The van der Waals surface area contributed by atoms with Gasteiger partial charge in [-0.2, -0.15) is 5.10 Å². The van der Waals surface area contributed by atoms with E-state index in [1.165, 1.54) is 11.1 Å². The Morgan fingerprint density at radius 3 is 2.90 bits per heavy atom. The number of halogens is 1. The topological polar surface area (TPSA) is 39.1 Å². The number of ether oxygens (including phenoxy) is 1. The fourth-order valence-corrected chi connectivity index (χ4v) is 3.06. The number of nitrogens with one attached hydrogen (secondary N) is 1. The molecule has 1 N–H and O–H groups in total. The van der Waals surface area contributed by atoms with Gasteiger partial charge in [-0.25, -0.2) is 0 Å². The van der Waals surface area contributed by atoms with Crippen molar-refractivity contribution in [1.29, 1.82) is 0 Å². The molecule has 0 amide bonds. The number of methoxy groups -OCH3 is 1. The van der Waals surface area contributed by atoms with Crippen LogP contribution in [0.2, 0.25) is 0 Å². The first-order chi connectivity index (χ1) is 10.2. The molecule has 0 aliphatic rings. The minimum atomic E-state index is 0.209. The molecule has 1 atom stereocenters. The molecule has 0 aliphatic carbocycles. The third-order valence-corrected chi connectivity index (χ3v) is 4.15. The van der Waals surface area contributed by atoms with Gasteiger partial charge in [0.05, 0.1) is 35.6 Å².